The van der Waals surface area contributed by atoms with Crippen LogP contribution in [0.25, 0.3) is 11.4 Å². The Labute approximate surface area is 157 Å². The van der Waals surface area contributed by atoms with Gasteiger partial charge < -0.3 is 9.88 Å². The third kappa shape index (κ3) is 4.30. The topological polar surface area (TPSA) is 79.0 Å². The predicted octanol–water partition coefficient (Wildman–Crippen LogP) is 2.98. The Morgan fingerprint density at radius 2 is 2.04 bits per heavy atom. The molecule has 1 aromatic heterocycles. The van der Waals surface area contributed by atoms with Crippen molar-refractivity contribution in [3.63, 3.8) is 0 Å². The van der Waals surface area contributed by atoms with Gasteiger partial charge in [0.25, 0.3) is 5.56 Å². The van der Waals surface area contributed by atoms with Crippen molar-refractivity contribution in [2.75, 3.05) is 13.1 Å². The van der Waals surface area contributed by atoms with Crippen molar-refractivity contribution in [1.29, 1.82) is 0 Å². The molecule has 1 N–H and O–H groups in total. The summed E-state index contributed by atoms with van der Waals surface area (Å²) in [4.78, 5) is 29.2. The number of benzene rings is 1. The second-order valence-electron chi connectivity index (χ2n) is 6.98. The first-order valence-electron chi connectivity index (χ1n) is 8.94. The number of halogens is 1. The van der Waals surface area contributed by atoms with Crippen LogP contribution in [0, 0.1) is 12.8 Å². The van der Waals surface area contributed by atoms with Crippen molar-refractivity contribution in [3.8, 4) is 11.4 Å². The normalized spacial score (nSPS) is 15.3. The number of aromatic amines is 1. The number of piperidine rings is 1. The number of H-pyrrole nitrogens is 1. The van der Waals surface area contributed by atoms with E-state index in [1.54, 1.807) is 6.07 Å². The first-order chi connectivity index (χ1) is 12.4. The molecule has 2 heterocycles. The van der Waals surface area contributed by atoms with Crippen LogP contribution >= 0.6 is 11.6 Å². The largest absolute Gasteiger partial charge is 0.343 e. The summed E-state index contributed by atoms with van der Waals surface area (Å²) in [7, 11) is 0. The molecule has 0 aliphatic carbocycles. The van der Waals surface area contributed by atoms with Gasteiger partial charge in [0.2, 0.25) is 5.91 Å². The number of carbonyl (C=O) groups excluding carboxylic acids is 1. The maximum Gasteiger partial charge on any atom is 0.273 e. The van der Waals surface area contributed by atoms with Crippen LogP contribution in [0.3, 0.4) is 0 Å². The van der Waals surface area contributed by atoms with E-state index in [1.165, 1.54) is 0 Å². The molecule has 3 rings (SSSR count). The molecular weight excluding hydrogens is 352 g/mol. The van der Waals surface area contributed by atoms with Crippen molar-refractivity contribution >= 4 is 17.5 Å². The van der Waals surface area contributed by atoms with E-state index < -0.39 is 0 Å². The van der Waals surface area contributed by atoms with Crippen LogP contribution in [0.15, 0.2) is 23.0 Å². The SMILES string of the molecule is Cc1ccc(-c2nnc(CCC(=O)N3CCC(C)CC3)c(=O)[nH]2)cc1Cl. The fraction of sp³-hybridized carbons (Fsp3) is 0.474. The molecule has 1 aliphatic heterocycles. The van der Waals surface area contributed by atoms with Crippen molar-refractivity contribution in [1.82, 2.24) is 20.1 Å². The van der Waals surface area contributed by atoms with E-state index in [2.05, 4.69) is 22.1 Å². The third-order valence-electron chi connectivity index (χ3n) is 4.92. The van der Waals surface area contributed by atoms with Crippen molar-refractivity contribution in [3.05, 3.63) is 44.8 Å². The zero-order valence-corrected chi connectivity index (χ0v) is 15.8. The Bertz CT molecular complexity index is 857. The number of likely N-dealkylation sites (tertiary alicyclic amines) is 1. The number of amides is 1. The van der Waals surface area contributed by atoms with Crippen LogP contribution < -0.4 is 5.56 Å². The molecule has 0 unspecified atom stereocenters. The summed E-state index contributed by atoms with van der Waals surface area (Å²) >= 11 is 6.12. The molecule has 1 amide bonds. The summed E-state index contributed by atoms with van der Waals surface area (Å²) in [6.45, 7) is 5.72. The number of carbonyl (C=O) groups is 1. The molecule has 0 bridgehead atoms. The number of rotatable bonds is 4. The van der Waals surface area contributed by atoms with Crippen molar-refractivity contribution in [2.24, 2.45) is 5.92 Å². The van der Waals surface area contributed by atoms with Gasteiger partial charge in [0.05, 0.1) is 0 Å². The molecule has 26 heavy (non-hydrogen) atoms. The van der Waals surface area contributed by atoms with Gasteiger partial charge in [0.15, 0.2) is 5.82 Å². The zero-order valence-electron chi connectivity index (χ0n) is 15.1. The summed E-state index contributed by atoms with van der Waals surface area (Å²) in [6, 6.07) is 5.45. The second-order valence-corrected chi connectivity index (χ2v) is 7.38. The van der Waals surface area contributed by atoms with Gasteiger partial charge in [0, 0.05) is 36.5 Å². The highest BCUT2D eigenvalue weighted by Gasteiger charge is 2.20. The van der Waals surface area contributed by atoms with E-state index in [-0.39, 0.29) is 23.6 Å². The fourth-order valence-electron chi connectivity index (χ4n) is 3.04. The van der Waals surface area contributed by atoms with Gasteiger partial charge in [-0.1, -0.05) is 30.7 Å². The molecule has 0 radical (unpaired) electrons. The molecule has 138 valence electrons. The molecule has 6 nitrogen and oxygen atoms in total. The summed E-state index contributed by atoms with van der Waals surface area (Å²) in [5.41, 5.74) is 1.63. The lowest BCUT2D eigenvalue weighted by Gasteiger charge is -2.30. The monoisotopic (exact) mass is 374 g/mol. The molecule has 0 spiro atoms. The first kappa shape index (κ1) is 18.6. The van der Waals surface area contributed by atoms with Gasteiger partial charge in [0.1, 0.15) is 5.69 Å². The lowest BCUT2D eigenvalue weighted by molar-refractivity contribution is -0.132. The summed E-state index contributed by atoms with van der Waals surface area (Å²) in [5, 5.41) is 8.73. The van der Waals surface area contributed by atoms with Crippen LogP contribution in [-0.4, -0.2) is 39.1 Å². The minimum Gasteiger partial charge on any atom is -0.343 e. The van der Waals surface area contributed by atoms with E-state index >= 15 is 0 Å². The predicted molar refractivity (Wildman–Crippen MR) is 101 cm³/mol. The summed E-state index contributed by atoms with van der Waals surface area (Å²) in [6.07, 6.45) is 2.66. The minimum atomic E-state index is -0.313. The van der Waals surface area contributed by atoms with Gasteiger partial charge in [-0.25, -0.2) is 0 Å². The van der Waals surface area contributed by atoms with Gasteiger partial charge in [-0.2, -0.15) is 0 Å². The lowest BCUT2D eigenvalue weighted by atomic mass is 9.99. The minimum absolute atomic E-state index is 0.0764. The Morgan fingerprint density at radius 3 is 2.69 bits per heavy atom. The van der Waals surface area contributed by atoms with Gasteiger partial charge >= 0.3 is 0 Å². The van der Waals surface area contributed by atoms with Crippen molar-refractivity contribution in [2.45, 2.75) is 39.5 Å². The number of hydrogen-bond acceptors (Lipinski definition) is 4. The van der Waals surface area contributed by atoms with Crippen molar-refractivity contribution < 1.29 is 4.79 Å². The Morgan fingerprint density at radius 1 is 1.31 bits per heavy atom. The Hall–Kier alpha value is -2.21. The summed E-state index contributed by atoms with van der Waals surface area (Å²) < 4.78 is 0. The number of hydrogen-bond donors (Lipinski definition) is 1. The molecule has 0 atom stereocenters. The average molecular weight is 375 g/mol. The van der Waals surface area contributed by atoms with Crippen LogP contribution in [0.2, 0.25) is 5.02 Å². The highest BCUT2D eigenvalue weighted by molar-refractivity contribution is 6.31. The van der Waals surface area contributed by atoms with E-state index in [9.17, 15) is 9.59 Å². The Balaban J connectivity index is 1.65. The van der Waals surface area contributed by atoms with Crippen LogP contribution in [0.4, 0.5) is 0 Å². The zero-order chi connectivity index (χ0) is 18.7. The fourth-order valence-corrected chi connectivity index (χ4v) is 3.22. The Kier molecular flexibility index (Phi) is 5.71. The lowest BCUT2D eigenvalue weighted by Crippen LogP contribution is -2.38. The van der Waals surface area contributed by atoms with Gasteiger partial charge in [-0.3, -0.25) is 9.59 Å². The van der Waals surface area contributed by atoms with E-state index in [4.69, 9.17) is 11.6 Å². The van der Waals surface area contributed by atoms with E-state index in [1.807, 2.05) is 24.0 Å². The number of nitrogens with zero attached hydrogens (tertiary/aromatic N) is 3. The van der Waals surface area contributed by atoms with E-state index in [0.717, 1.165) is 31.5 Å². The smallest absolute Gasteiger partial charge is 0.273 e. The first-order valence-corrected chi connectivity index (χ1v) is 9.32. The number of nitrogens with one attached hydrogen (secondary N) is 1. The summed E-state index contributed by atoms with van der Waals surface area (Å²) in [5.74, 6) is 1.13. The average Bonchev–Trinajstić information content (AvgIpc) is 2.63. The maximum absolute atomic E-state index is 12.3. The highest BCUT2D eigenvalue weighted by Crippen LogP contribution is 2.22. The van der Waals surface area contributed by atoms with Gasteiger partial charge in [-0.05, 0) is 37.3 Å². The molecule has 7 heteroatoms. The highest BCUT2D eigenvalue weighted by atomic mass is 35.5. The maximum atomic E-state index is 12.3. The molecule has 0 saturated carbocycles. The van der Waals surface area contributed by atoms with Gasteiger partial charge in [-0.15, -0.1) is 10.2 Å². The molecule has 1 saturated heterocycles. The van der Waals surface area contributed by atoms with Crippen LogP contribution in [0.1, 0.15) is 37.4 Å². The third-order valence-corrected chi connectivity index (χ3v) is 5.33. The number of aryl methyl sites for hydroxylation is 2. The second kappa shape index (κ2) is 7.99. The molecule has 1 fully saturated rings. The molecule has 1 aromatic carbocycles. The molecular formula is C19H23ClN4O2. The quantitative estimate of drug-likeness (QED) is 0.892. The molecule has 2 aromatic rings. The van der Waals surface area contributed by atoms with E-state index in [0.29, 0.717) is 28.7 Å². The van der Waals surface area contributed by atoms with Crippen LogP contribution in [-0.2, 0) is 11.2 Å². The standard InChI is InChI=1S/C19H23ClN4O2/c1-12-7-9-24(10-8-12)17(25)6-5-16-19(26)21-18(23-22-16)14-4-3-13(2)15(20)11-14/h3-4,11-12H,5-10H2,1-2H3,(H,21,23,26). The van der Waals surface area contributed by atoms with Crippen LogP contribution in [0.5, 0.6) is 0 Å². The number of aromatic nitrogens is 3. The molecule has 1 aliphatic rings.